The van der Waals surface area contributed by atoms with Gasteiger partial charge in [-0.05, 0) is 50.0 Å². The van der Waals surface area contributed by atoms with Gasteiger partial charge in [-0.3, -0.25) is 4.79 Å². The second kappa shape index (κ2) is 6.74. The molecule has 0 aliphatic heterocycles. The summed E-state index contributed by atoms with van der Waals surface area (Å²) in [7, 11) is 0. The van der Waals surface area contributed by atoms with Crippen molar-refractivity contribution in [1.29, 1.82) is 0 Å². The number of carbonyl (C=O) groups is 1. The Morgan fingerprint density at radius 1 is 1.32 bits per heavy atom. The van der Waals surface area contributed by atoms with E-state index in [1.54, 1.807) is 0 Å². The molecule has 0 radical (unpaired) electrons. The van der Waals surface area contributed by atoms with E-state index in [-0.39, 0.29) is 11.4 Å². The Hall–Kier alpha value is -0.570. The van der Waals surface area contributed by atoms with E-state index in [1.165, 1.54) is 19.3 Å². The molecule has 0 heterocycles. The third-order valence-corrected chi connectivity index (χ3v) is 4.67. The fraction of sp³-hybridized carbons (Fsp3) is 0.938. The summed E-state index contributed by atoms with van der Waals surface area (Å²) >= 11 is 0. The maximum Gasteiger partial charge on any atom is 0.219 e. The van der Waals surface area contributed by atoms with E-state index in [1.807, 2.05) is 0 Å². The predicted octanol–water partition coefficient (Wildman–Crippen LogP) is 3.23. The Kier molecular flexibility index (Phi) is 5.84. The van der Waals surface area contributed by atoms with Crippen LogP contribution in [-0.2, 0) is 4.79 Å². The second-order valence-corrected chi connectivity index (χ2v) is 7.34. The van der Waals surface area contributed by atoms with Crippen LogP contribution in [0.25, 0.3) is 0 Å². The number of hydrogen-bond acceptors (Lipinski definition) is 2. The minimum Gasteiger partial charge on any atom is -0.370 e. The van der Waals surface area contributed by atoms with E-state index < -0.39 is 0 Å². The monoisotopic (exact) mass is 268 g/mol. The van der Waals surface area contributed by atoms with Crippen LogP contribution < -0.4 is 11.1 Å². The van der Waals surface area contributed by atoms with Gasteiger partial charge in [0.1, 0.15) is 0 Å². The molecule has 0 aromatic carbocycles. The largest absolute Gasteiger partial charge is 0.370 e. The molecule has 1 rings (SSSR count). The van der Waals surface area contributed by atoms with Gasteiger partial charge in [0.15, 0.2) is 0 Å². The first-order valence-electron chi connectivity index (χ1n) is 7.82. The summed E-state index contributed by atoms with van der Waals surface area (Å²) in [4.78, 5) is 11.4. The molecule has 112 valence electrons. The van der Waals surface area contributed by atoms with Crippen molar-refractivity contribution in [3.8, 4) is 0 Å². The van der Waals surface area contributed by atoms with Gasteiger partial charge in [-0.2, -0.15) is 0 Å². The van der Waals surface area contributed by atoms with E-state index in [2.05, 4.69) is 33.0 Å². The average molecular weight is 268 g/mol. The first-order valence-corrected chi connectivity index (χ1v) is 7.82. The lowest BCUT2D eigenvalue weighted by atomic mass is 9.76. The van der Waals surface area contributed by atoms with Gasteiger partial charge >= 0.3 is 0 Å². The summed E-state index contributed by atoms with van der Waals surface area (Å²) in [6.45, 7) is 10.1. The summed E-state index contributed by atoms with van der Waals surface area (Å²) < 4.78 is 0. The highest BCUT2D eigenvalue weighted by Gasteiger charge is 2.36. The highest BCUT2D eigenvalue weighted by molar-refractivity contribution is 5.75. The fourth-order valence-electron chi connectivity index (χ4n) is 3.41. The topological polar surface area (TPSA) is 55.1 Å². The quantitative estimate of drug-likeness (QED) is 0.752. The van der Waals surface area contributed by atoms with E-state index in [0.717, 1.165) is 31.7 Å². The predicted molar refractivity (Wildman–Crippen MR) is 80.9 cm³/mol. The molecular weight excluding hydrogens is 236 g/mol. The minimum absolute atomic E-state index is 0.0398. The standard InChI is InChI=1S/C16H32N2O/c1-5-11-18-16(12-14(17)19)9-6-7-13(8-10-16)15(2,3)4/h13,18H,5-12H2,1-4H3,(H2,17,19). The van der Waals surface area contributed by atoms with Crippen molar-refractivity contribution in [3.05, 3.63) is 0 Å². The normalized spacial score (nSPS) is 28.9. The number of hydrogen-bond donors (Lipinski definition) is 2. The number of nitrogens with two attached hydrogens (primary N) is 1. The Labute approximate surface area is 118 Å². The molecule has 0 bridgehead atoms. The zero-order valence-electron chi connectivity index (χ0n) is 13.2. The number of carbonyl (C=O) groups excluding carboxylic acids is 1. The Morgan fingerprint density at radius 3 is 2.53 bits per heavy atom. The molecule has 0 spiro atoms. The Morgan fingerprint density at radius 2 is 2.00 bits per heavy atom. The van der Waals surface area contributed by atoms with E-state index >= 15 is 0 Å². The van der Waals surface area contributed by atoms with Gasteiger partial charge in [0.05, 0.1) is 0 Å². The lowest BCUT2D eigenvalue weighted by molar-refractivity contribution is -0.119. The summed E-state index contributed by atoms with van der Waals surface area (Å²) in [6.07, 6.45) is 7.44. The summed E-state index contributed by atoms with van der Waals surface area (Å²) in [5.41, 5.74) is 5.80. The van der Waals surface area contributed by atoms with Crippen molar-refractivity contribution in [3.63, 3.8) is 0 Å². The maximum atomic E-state index is 11.4. The highest BCUT2D eigenvalue weighted by Crippen LogP contribution is 2.40. The molecule has 1 aliphatic rings. The summed E-state index contributed by atoms with van der Waals surface area (Å²) in [5, 5.41) is 3.63. The molecule has 19 heavy (non-hydrogen) atoms. The van der Waals surface area contributed by atoms with Crippen molar-refractivity contribution >= 4 is 5.91 Å². The molecule has 1 fully saturated rings. The van der Waals surface area contributed by atoms with E-state index in [0.29, 0.717) is 11.8 Å². The molecular formula is C16H32N2O. The molecule has 1 amide bonds. The van der Waals surface area contributed by atoms with Crippen LogP contribution >= 0.6 is 0 Å². The Bertz CT molecular complexity index is 296. The Balaban J connectivity index is 2.74. The van der Waals surface area contributed by atoms with Gasteiger partial charge < -0.3 is 11.1 Å². The number of rotatable bonds is 5. The third kappa shape index (κ3) is 5.13. The molecule has 2 unspecified atom stereocenters. The second-order valence-electron chi connectivity index (χ2n) is 7.34. The van der Waals surface area contributed by atoms with Crippen LogP contribution in [0.4, 0.5) is 0 Å². The van der Waals surface area contributed by atoms with Crippen molar-refractivity contribution in [2.45, 2.75) is 78.2 Å². The lowest BCUT2D eigenvalue weighted by Crippen LogP contribution is -2.48. The van der Waals surface area contributed by atoms with Gasteiger partial charge in [-0.25, -0.2) is 0 Å². The van der Waals surface area contributed by atoms with Crippen molar-refractivity contribution in [1.82, 2.24) is 5.32 Å². The van der Waals surface area contributed by atoms with Gasteiger partial charge in [-0.15, -0.1) is 0 Å². The van der Waals surface area contributed by atoms with Gasteiger partial charge in [0.2, 0.25) is 5.91 Å². The van der Waals surface area contributed by atoms with Crippen molar-refractivity contribution in [2.24, 2.45) is 17.1 Å². The van der Waals surface area contributed by atoms with Gasteiger partial charge in [0, 0.05) is 12.0 Å². The molecule has 1 saturated carbocycles. The third-order valence-electron chi connectivity index (χ3n) is 4.67. The number of nitrogens with one attached hydrogen (secondary N) is 1. The SMILES string of the molecule is CCCNC1(CC(N)=O)CCCC(C(C)(C)C)CC1. The molecule has 3 N–H and O–H groups in total. The smallest absolute Gasteiger partial charge is 0.219 e. The molecule has 3 nitrogen and oxygen atoms in total. The van der Waals surface area contributed by atoms with E-state index in [9.17, 15) is 4.79 Å². The van der Waals surface area contributed by atoms with Crippen LogP contribution in [0.2, 0.25) is 0 Å². The van der Waals surface area contributed by atoms with Crippen LogP contribution in [0.1, 0.15) is 72.6 Å². The van der Waals surface area contributed by atoms with Crippen LogP contribution in [-0.4, -0.2) is 18.0 Å². The first kappa shape index (κ1) is 16.5. The van der Waals surface area contributed by atoms with Crippen LogP contribution in [0, 0.1) is 11.3 Å². The van der Waals surface area contributed by atoms with Crippen molar-refractivity contribution in [2.75, 3.05) is 6.54 Å². The molecule has 3 heteroatoms. The fourth-order valence-corrected chi connectivity index (χ4v) is 3.41. The highest BCUT2D eigenvalue weighted by atomic mass is 16.1. The van der Waals surface area contributed by atoms with Crippen LogP contribution in [0.5, 0.6) is 0 Å². The number of primary amides is 1. The minimum atomic E-state index is -0.169. The van der Waals surface area contributed by atoms with E-state index in [4.69, 9.17) is 5.73 Å². The summed E-state index contributed by atoms with van der Waals surface area (Å²) in [6, 6.07) is 0. The average Bonchev–Trinajstić information content (AvgIpc) is 2.48. The molecule has 0 aromatic heterocycles. The van der Waals surface area contributed by atoms with Crippen LogP contribution in [0.3, 0.4) is 0 Å². The van der Waals surface area contributed by atoms with Crippen molar-refractivity contribution < 1.29 is 4.79 Å². The molecule has 2 atom stereocenters. The lowest BCUT2D eigenvalue weighted by Gasteiger charge is -2.34. The summed E-state index contributed by atoms with van der Waals surface area (Å²) in [5.74, 6) is 0.587. The van der Waals surface area contributed by atoms with Gasteiger partial charge in [-0.1, -0.05) is 34.1 Å². The maximum absolute atomic E-state index is 11.4. The zero-order valence-corrected chi connectivity index (χ0v) is 13.2. The van der Waals surface area contributed by atoms with Gasteiger partial charge in [0.25, 0.3) is 0 Å². The molecule has 1 aliphatic carbocycles. The zero-order chi connectivity index (χ0) is 14.5. The first-order chi connectivity index (χ1) is 8.79. The molecule has 0 aromatic rings. The number of amides is 1. The molecule has 0 saturated heterocycles. The van der Waals surface area contributed by atoms with Crippen LogP contribution in [0.15, 0.2) is 0 Å².